The first kappa shape index (κ1) is 14.0. The van der Waals surface area contributed by atoms with Crippen molar-refractivity contribution in [1.29, 1.82) is 0 Å². The maximum Gasteiger partial charge on any atom is 0.161 e. The van der Waals surface area contributed by atoms with Gasteiger partial charge in [0.1, 0.15) is 5.82 Å². The van der Waals surface area contributed by atoms with Gasteiger partial charge in [-0.15, -0.1) is 0 Å². The van der Waals surface area contributed by atoms with Crippen LogP contribution in [0.25, 0.3) is 11.4 Å². The van der Waals surface area contributed by atoms with Gasteiger partial charge in [0.15, 0.2) is 5.82 Å². The predicted octanol–water partition coefficient (Wildman–Crippen LogP) is 3.48. The largest absolute Gasteiger partial charge is 0.380 e. The first-order valence-electron chi connectivity index (χ1n) is 6.09. The van der Waals surface area contributed by atoms with E-state index in [1.165, 1.54) is 0 Å². The normalized spacial score (nSPS) is 10.5. The summed E-state index contributed by atoms with van der Waals surface area (Å²) in [4.78, 5) is 8.85. The maximum atomic E-state index is 5.09. The van der Waals surface area contributed by atoms with E-state index in [0.717, 1.165) is 28.0 Å². The van der Waals surface area contributed by atoms with Gasteiger partial charge in [-0.1, -0.05) is 24.3 Å². The molecule has 1 N–H and O–H groups in total. The predicted molar refractivity (Wildman–Crippen MR) is 80.0 cm³/mol. The quantitative estimate of drug-likeness (QED) is 0.915. The molecule has 0 aliphatic carbocycles. The zero-order chi connectivity index (χ0) is 13.7. The van der Waals surface area contributed by atoms with Crippen LogP contribution < -0.4 is 5.32 Å². The van der Waals surface area contributed by atoms with E-state index in [1.54, 1.807) is 13.3 Å². The molecule has 1 aromatic heterocycles. The van der Waals surface area contributed by atoms with Crippen LogP contribution in [0.4, 0.5) is 5.82 Å². The lowest BCUT2D eigenvalue weighted by molar-refractivity contribution is 0.185. The molecule has 0 unspecified atom stereocenters. The Balaban J connectivity index is 2.28. The van der Waals surface area contributed by atoms with Crippen molar-refractivity contribution in [2.45, 2.75) is 13.5 Å². The van der Waals surface area contributed by atoms with Crippen LogP contribution in [0.3, 0.4) is 0 Å². The van der Waals surface area contributed by atoms with Crippen LogP contribution in [-0.2, 0) is 11.3 Å². The van der Waals surface area contributed by atoms with Gasteiger partial charge >= 0.3 is 0 Å². The van der Waals surface area contributed by atoms with Gasteiger partial charge in [0.2, 0.25) is 0 Å². The van der Waals surface area contributed by atoms with Crippen molar-refractivity contribution in [2.75, 3.05) is 19.0 Å². The highest BCUT2D eigenvalue weighted by Crippen LogP contribution is 2.23. The highest BCUT2D eigenvalue weighted by molar-refractivity contribution is 9.10. The number of nitrogens with one attached hydrogen (secondary N) is 1. The molecule has 2 aromatic rings. The molecule has 4 nitrogen and oxygen atoms in total. The Morgan fingerprint density at radius 2 is 2.00 bits per heavy atom. The summed E-state index contributed by atoms with van der Waals surface area (Å²) in [6.45, 7) is 3.47. The first-order chi connectivity index (χ1) is 9.24. The summed E-state index contributed by atoms with van der Waals surface area (Å²) >= 11 is 3.43. The molecule has 0 aliphatic heterocycles. The highest BCUT2D eigenvalue weighted by atomic mass is 79.9. The number of hydrogen-bond donors (Lipinski definition) is 1. The Morgan fingerprint density at radius 3 is 2.63 bits per heavy atom. The summed E-state index contributed by atoms with van der Waals surface area (Å²) in [5.41, 5.74) is 2.13. The fourth-order valence-electron chi connectivity index (χ4n) is 1.71. The van der Waals surface area contributed by atoms with Gasteiger partial charge < -0.3 is 10.1 Å². The molecular weight excluding hydrogens is 306 g/mol. The molecule has 0 amide bonds. The lowest BCUT2D eigenvalue weighted by Gasteiger charge is -2.07. The van der Waals surface area contributed by atoms with Gasteiger partial charge in [0, 0.05) is 25.4 Å². The summed E-state index contributed by atoms with van der Waals surface area (Å²) in [7, 11) is 1.69. The highest BCUT2D eigenvalue weighted by Gasteiger charge is 2.06. The Hall–Kier alpha value is -1.46. The number of hydrogen-bond acceptors (Lipinski definition) is 4. The molecule has 0 atom stereocenters. The van der Waals surface area contributed by atoms with E-state index in [0.29, 0.717) is 12.4 Å². The molecule has 0 spiro atoms. The van der Waals surface area contributed by atoms with Crippen molar-refractivity contribution in [2.24, 2.45) is 0 Å². The van der Waals surface area contributed by atoms with E-state index in [2.05, 4.69) is 31.2 Å². The van der Waals surface area contributed by atoms with Crippen LogP contribution >= 0.6 is 15.9 Å². The second-order valence-electron chi connectivity index (χ2n) is 4.05. The van der Waals surface area contributed by atoms with Crippen LogP contribution in [0, 0.1) is 0 Å². The number of benzene rings is 1. The molecule has 1 heterocycles. The minimum atomic E-state index is 0.615. The van der Waals surface area contributed by atoms with Gasteiger partial charge in [-0.05, 0) is 28.4 Å². The van der Waals surface area contributed by atoms with E-state index < -0.39 is 0 Å². The Labute approximate surface area is 121 Å². The number of nitrogens with zero attached hydrogens (tertiary/aromatic N) is 2. The number of aromatic nitrogens is 2. The minimum absolute atomic E-state index is 0.615. The van der Waals surface area contributed by atoms with Crippen LogP contribution in [0.1, 0.15) is 12.5 Å². The lowest BCUT2D eigenvalue weighted by atomic mass is 10.1. The molecule has 5 heteroatoms. The first-order valence-corrected chi connectivity index (χ1v) is 6.88. The van der Waals surface area contributed by atoms with Crippen molar-refractivity contribution in [3.05, 3.63) is 40.5 Å². The van der Waals surface area contributed by atoms with E-state index >= 15 is 0 Å². The monoisotopic (exact) mass is 321 g/mol. The molecule has 19 heavy (non-hydrogen) atoms. The number of anilines is 1. The molecular formula is C14H16BrN3O. The van der Waals surface area contributed by atoms with Crippen molar-refractivity contribution in [3.8, 4) is 11.4 Å². The zero-order valence-corrected chi connectivity index (χ0v) is 12.6. The van der Waals surface area contributed by atoms with Crippen molar-refractivity contribution in [3.63, 3.8) is 0 Å². The van der Waals surface area contributed by atoms with E-state index in [4.69, 9.17) is 4.74 Å². The Morgan fingerprint density at radius 1 is 1.26 bits per heavy atom. The summed E-state index contributed by atoms with van der Waals surface area (Å²) < 4.78 is 5.96. The molecule has 0 radical (unpaired) electrons. The SMILES string of the molecule is CCNc1nc(-c2ccc(COC)cc2)ncc1Br. The number of halogens is 1. The van der Waals surface area contributed by atoms with Gasteiger partial charge in [-0.25, -0.2) is 9.97 Å². The molecule has 0 saturated carbocycles. The molecule has 0 bridgehead atoms. The minimum Gasteiger partial charge on any atom is -0.380 e. The second-order valence-corrected chi connectivity index (χ2v) is 4.90. The van der Waals surface area contributed by atoms with E-state index in [1.807, 2.05) is 31.2 Å². The fourth-order valence-corrected chi connectivity index (χ4v) is 2.05. The third kappa shape index (κ3) is 3.52. The lowest BCUT2D eigenvalue weighted by Crippen LogP contribution is -2.02. The van der Waals surface area contributed by atoms with E-state index in [9.17, 15) is 0 Å². The van der Waals surface area contributed by atoms with Gasteiger partial charge in [-0.3, -0.25) is 0 Å². The number of methoxy groups -OCH3 is 1. The van der Waals surface area contributed by atoms with Crippen LogP contribution in [0.15, 0.2) is 34.9 Å². The van der Waals surface area contributed by atoms with Crippen LogP contribution in [0.2, 0.25) is 0 Å². The van der Waals surface area contributed by atoms with Crippen molar-refractivity contribution < 1.29 is 4.74 Å². The Bertz CT molecular complexity index is 543. The van der Waals surface area contributed by atoms with Gasteiger partial charge in [-0.2, -0.15) is 0 Å². The number of rotatable bonds is 5. The second kappa shape index (κ2) is 6.63. The zero-order valence-electron chi connectivity index (χ0n) is 11.0. The molecule has 1 aromatic carbocycles. The average molecular weight is 322 g/mol. The average Bonchev–Trinajstić information content (AvgIpc) is 2.43. The summed E-state index contributed by atoms with van der Waals surface area (Å²) in [5.74, 6) is 1.52. The molecule has 0 aliphatic rings. The van der Waals surface area contributed by atoms with E-state index in [-0.39, 0.29) is 0 Å². The topological polar surface area (TPSA) is 47.0 Å². The van der Waals surface area contributed by atoms with Crippen LogP contribution in [-0.4, -0.2) is 23.6 Å². The van der Waals surface area contributed by atoms with Crippen molar-refractivity contribution in [1.82, 2.24) is 9.97 Å². The molecule has 0 saturated heterocycles. The fraction of sp³-hybridized carbons (Fsp3) is 0.286. The Kier molecular flexibility index (Phi) is 4.87. The van der Waals surface area contributed by atoms with Crippen LogP contribution in [0.5, 0.6) is 0 Å². The maximum absolute atomic E-state index is 5.09. The summed E-state index contributed by atoms with van der Waals surface area (Å²) in [6.07, 6.45) is 1.77. The smallest absolute Gasteiger partial charge is 0.161 e. The standard InChI is InChI=1S/C14H16BrN3O/c1-3-16-14-12(15)8-17-13(18-14)11-6-4-10(5-7-11)9-19-2/h4-8H,3,9H2,1-2H3,(H,16,17,18). The number of ether oxygens (including phenoxy) is 1. The molecule has 2 rings (SSSR count). The van der Waals surface area contributed by atoms with Crippen molar-refractivity contribution >= 4 is 21.7 Å². The summed E-state index contributed by atoms with van der Waals surface area (Å²) in [6, 6.07) is 8.06. The molecule has 100 valence electrons. The third-order valence-electron chi connectivity index (χ3n) is 2.61. The molecule has 0 fully saturated rings. The van der Waals surface area contributed by atoms with Gasteiger partial charge in [0.05, 0.1) is 11.1 Å². The third-order valence-corrected chi connectivity index (χ3v) is 3.19. The summed E-state index contributed by atoms with van der Waals surface area (Å²) in [5, 5.41) is 3.20. The van der Waals surface area contributed by atoms with Gasteiger partial charge in [0.25, 0.3) is 0 Å².